The Morgan fingerprint density at radius 3 is 2.16 bits per heavy atom. The van der Waals surface area contributed by atoms with Crippen molar-refractivity contribution in [2.24, 2.45) is 0 Å². The molecule has 0 aromatic heterocycles. The Labute approximate surface area is 146 Å². The third-order valence-electron chi connectivity index (χ3n) is 3.28. The van der Waals surface area contributed by atoms with Gasteiger partial charge in [-0.05, 0) is 54.5 Å². The lowest BCUT2D eigenvalue weighted by Crippen LogP contribution is -2.09. The summed E-state index contributed by atoms with van der Waals surface area (Å²) in [6.07, 6.45) is 4.13. The van der Waals surface area contributed by atoms with Gasteiger partial charge in [-0.1, -0.05) is 25.1 Å². The van der Waals surface area contributed by atoms with E-state index < -0.39 is 5.97 Å². The van der Waals surface area contributed by atoms with E-state index in [4.69, 9.17) is 14.6 Å². The van der Waals surface area contributed by atoms with Crippen LogP contribution in [-0.2, 0) is 4.79 Å². The number of rotatable bonds is 9. The van der Waals surface area contributed by atoms with E-state index in [1.807, 2.05) is 6.92 Å². The van der Waals surface area contributed by atoms with Crippen molar-refractivity contribution in [2.75, 3.05) is 13.2 Å². The molecular formula is C20H20O5. The van der Waals surface area contributed by atoms with Crippen molar-refractivity contribution in [3.05, 3.63) is 65.7 Å². The number of carbonyl (C=O) groups is 2. The fraction of sp³-hybridized carbons (Fsp3) is 0.200. The van der Waals surface area contributed by atoms with E-state index in [9.17, 15) is 9.59 Å². The predicted molar refractivity (Wildman–Crippen MR) is 95.2 cm³/mol. The second-order valence-corrected chi connectivity index (χ2v) is 5.32. The minimum Gasteiger partial charge on any atom is -0.494 e. The van der Waals surface area contributed by atoms with Crippen molar-refractivity contribution in [3.8, 4) is 11.5 Å². The monoisotopic (exact) mass is 340 g/mol. The van der Waals surface area contributed by atoms with E-state index in [1.165, 1.54) is 6.08 Å². The van der Waals surface area contributed by atoms with Gasteiger partial charge in [-0.3, -0.25) is 4.79 Å². The van der Waals surface area contributed by atoms with Gasteiger partial charge >= 0.3 is 5.97 Å². The van der Waals surface area contributed by atoms with Crippen molar-refractivity contribution in [1.29, 1.82) is 0 Å². The molecule has 2 aromatic rings. The molecule has 0 aliphatic rings. The summed E-state index contributed by atoms with van der Waals surface area (Å²) >= 11 is 0. The lowest BCUT2D eigenvalue weighted by Gasteiger charge is -2.04. The third kappa shape index (κ3) is 6.14. The highest BCUT2D eigenvalue weighted by atomic mass is 16.5. The first-order chi connectivity index (χ1) is 12.1. The average molecular weight is 340 g/mol. The number of ether oxygens (including phenoxy) is 2. The lowest BCUT2D eigenvalue weighted by molar-refractivity contribution is -0.139. The topological polar surface area (TPSA) is 72.8 Å². The van der Waals surface area contributed by atoms with E-state index in [1.54, 1.807) is 54.6 Å². The Balaban J connectivity index is 1.94. The number of carboxylic acids is 1. The standard InChI is InChI=1S/C20H20O5/c1-2-13-24-17-10-6-16(7-11-17)19(21)12-5-15-3-8-18(9-4-15)25-14-20(22)23/h3-12H,2,13-14H2,1H3,(H,22,23)/b12-5+. The molecular weight excluding hydrogens is 320 g/mol. The van der Waals surface area contributed by atoms with Gasteiger partial charge in [-0.25, -0.2) is 4.79 Å². The number of aliphatic carboxylic acids is 1. The Hall–Kier alpha value is -3.08. The summed E-state index contributed by atoms with van der Waals surface area (Å²) < 4.78 is 10.5. The minimum absolute atomic E-state index is 0.103. The predicted octanol–water partition coefficient (Wildman–Crippen LogP) is 3.83. The molecule has 0 spiro atoms. The molecule has 0 saturated heterocycles. The number of benzene rings is 2. The van der Waals surface area contributed by atoms with Gasteiger partial charge in [-0.15, -0.1) is 0 Å². The zero-order valence-electron chi connectivity index (χ0n) is 14.0. The number of hydrogen-bond donors (Lipinski definition) is 1. The number of ketones is 1. The highest BCUT2D eigenvalue weighted by molar-refractivity contribution is 6.06. The molecule has 25 heavy (non-hydrogen) atoms. The molecule has 5 nitrogen and oxygen atoms in total. The summed E-state index contributed by atoms with van der Waals surface area (Å²) in [6, 6.07) is 13.9. The molecule has 0 saturated carbocycles. The minimum atomic E-state index is -1.03. The first-order valence-corrected chi connectivity index (χ1v) is 7.98. The molecule has 1 N–H and O–H groups in total. The summed E-state index contributed by atoms with van der Waals surface area (Å²) in [4.78, 5) is 22.6. The lowest BCUT2D eigenvalue weighted by atomic mass is 10.1. The number of allylic oxidation sites excluding steroid dienone is 1. The Bertz CT molecular complexity index is 730. The molecule has 0 heterocycles. The summed E-state index contributed by atoms with van der Waals surface area (Å²) in [5.74, 6) is 0.0850. The Kier molecular flexibility index (Phi) is 6.77. The van der Waals surface area contributed by atoms with Crippen LogP contribution in [0.3, 0.4) is 0 Å². The van der Waals surface area contributed by atoms with Crippen LogP contribution < -0.4 is 9.47 Å². The molecule has 2 rings (SSSR count). The highest BCUT2D eigenvalue weighted by Crippen LogP contribution is 2.15. The number of carboxylic acid groups (broad SMARTS) is 1. The normalized spacial score (nSPS) is 10.6. The zero-order valence-corrected chi connectivity index (χ0v) is 14.0. The van der Waals surface area contributed by atoms with Crippen LogP contribution in [0.1, 0.15) is 29.3 Å². The van der Waals surface area contributed by atoms with Crippen molar-refractivity contribution in [1.82, 2.24) is 0 Å². The van der Waals surface area contributed by atoms with Gasteiger partial charge < -0.3 is 14.6 Å². The first-order valence-electron chi connectivity index (χ1n) is 7.98. The summed E-state index contributed by atoms with van der Waals surface area (Å²) in [7, 11) is 0. The van der Waals surface area contributed by atoms with E-state index in [0.717, 1.165) is 17.7 Å². The summed E-state index contributed by atoms with van der Waals surface area (Å²) in [5.41, 5.74) is 1.40. The molecule has 0 aliphatic heterocycles. The van der Waals surface area contributed by atoms with Crippen LogP contribution in [0, 0.1) is 0 Å². The highest BCUT2D eigenvalue weighted by Gasteiger charge is 2.03. The average Bonchev–Trinajstić information content (AvgIpc) is 2.64. The molecule has 2 aromatic carbocycles. The maximum absolute atomic E-state index is 12.2. The summed E-state index contributed by atoms with van der Waals surface area (Å²) in [5, 5.41) is 8.56. The van der Waals surface area contributed by atoms with Crippen LogP contribution in [0.4, 0.5) is 0 Å². The largest absolute Gasteiger partial charge is 0.494 e. The maximum Gasteiger partial charge on any atom is 0.341 e. The van der Waals surface area contributed by atoms with E-state index in [0.29, 0.717) is 17.9 Å². The number of carbonyl (C=O) groups excluding carboxylic acids is 1. The second kappa shape index (κ2) is 9.27. The Morgan fingerprint density at radius 1 is 0.960 bits per heavy atom. The Morgan fingerprint density at radius 2 is 1.56 bits per heavy atom. The van der Waals surface area contributed by atoms with Gasteiger partial charge in [0.05, 0.1) is 6.61 Å². The van der Waals surface area contributed by atoms with Crippen LogP contribution in [0.25, 0.3) is 6.08 Å². The van der Waals surface area contributed by atoms with Crippen LogP contribution in [0.2, 0.25) is 0 Å². The third-order valence-corrected chi connectivity index (χ3v) is 3.28. The van der Waals surface area contributed by atoms with Gasteiger partial charge in [0.25, 0.3) is 0 Å². The number of hydrogen-bond acceptors (Lipinski definition) is 4. The molecule has 5 heteroatoms. The smallest absolute Gasteiger partial charge is 0.341 e. The van der Waals surface area contributed by atoms with Gasteiger partial charge in [0.1, 0.15) is 11.5 Å². The SMILES string of the molecule is CCCOc1ccc(C(=O)/C=C/c2ccc(OCC(=O)O)cc2)cc1. The van der Waals surface area contributed by atoms with E-state index in [2.05, 4.69) is 0 Å². The fourth-order valence-corrected chi connectivity index (χ4v) is 2.02. The van der Waals surface area contributed by atoms with Gasteiger partial charge in [0, 0.05) is 5.56 Å². The zero-order chi connectivity index (χ0) is 18.1. The van der Waals surface area contributed by atoms with Crippen LogP contribution in [0.15, 0.2) is 54.6 Å². The molecule has 0 fully saturated rings. The van der Waals surface area contributed by atoms with Crippen LogP contribution >= 0.6 is 0 Å². The molecule has 0 radical (unpaired) electrons. The van der Waals surface area contributed by atoms with Crippen molar-refractivity contribution >= 4 is 17.8 Å². The van der Waals surface area contributed by atoms with Crippen molar-refractivity contribution in [2.45, 2.75) is 13.3 Å². The quantitative estimate of drug-likeness (QED) is 0.555. The van der Waals surface area contributed by atoms with Crippen molar-refractivity contribution < 1.29 is 24.2 Å². The van der Waals surface area contributed by atoms with Gasteiger partial charge in [0.2, 0.25) is 0 Å². The van der Waals surface area contributed by atoms with E-state index in [-0.39, 0.29) is 12.4 Å². The second-order valence-electron chi connectivity index (χ2n) is 5.32. The molecule has 130 valence electrons. The van der Waals surface area contributed by atoms with Crippen LogP contribution in [-0.4, -0.2) is 30.1 Å². The van der Waals surface area contributed by atoms with Gasteiger partial charge in [0.15, 0.2) is 12.4 Å². The molecule has 0 atom stereocenters. The molecule has 0 aliphatic carbocycles. The van der Waals surface area contributed by atoms with Gasteiger partial charge in [-0.2, -0.15) is 0 Å². The molecule has 0 unspecified atom stereocenters. The fourth-order valence-electron chi connectivity index (χ4n) is 2.02. The first kappa shape index (κ1) is 18.3. The molecule has 0 bridgehead atoms. The van der Waals surface area contributed by atoms with Crippen LogP contribution in [0.5, 0.6) is 11.5 Å². The summed E-state index contributed by atoms with van der Waals surface area (Å²) in [6.45, 7) is 2.30. The molecule has 0 amide bonds. The maximum atomic E-state index is 12.2. The van der Waals surface area contributed by atoms with E-state index >= 15 is 0 Å². The van der Waals surface area contributed by atoms with Crippen molar-refractivity contribution in [3.63, 3.8) is 0 Å².